The summed E-state index contributed by atoms with van der Waals surface area (Å²) in [6.07, 6.45) is 7.58. The molecule has 0 atom stereocenters. The molecule has 162 valence electrons. The fraction of sp³-hybridized carbons (Fsp3) is 0.500. The third-order valence-electron chi connectivity index (χ3n) is 3.13. The number of H-pyrrole nitrogens is 1. The van der Waals surface area contributed by atoms with Gasteiger partial charge in [-0.2, -0.15) is 0 Å². The topological polar surface area (TPSA) is 101 Å². The number of benzene rings is 1. The molecule has 0 saturated carbocycles. The number of amides is 1. The summed E-state index contributed by atoms with van der Waals surface area (Å²) in [6, 6.07) is 5.17. The molecule has 0 spiro atoms. The van der Waals surface area contributed by atoms with E-state index < -0.39 is 11.7 Å². The lowest BCUT2D eigenvalue weighted by atomic mass is 10.1. The zero-order valence-corrected chi connectivity index (χ0v) is 19.0. The van der Waals surface area contributed by atoms with Crippen LogP contribution in [-0.4, -0.2) is 45.9 Å². The maximum Gasteiger partial charge on any atom is 0.410 e. The third-order valence-corrected chi connectivity index (χ3v) is 3.13. The quantitative estimate of drug-likeness (QED) is 0.582. The number of ether oxygens (including phenoxy) is 1. The van der Waals surface area contributed by atoms with E-state index in [1.165, 1.54) is 4.90 Å². The van der Waals surface area contributed by atoms with Gasteiger partial charge in [0.25, 0.3) is 0 Å². The van der Waals surface area contributed by atoms with E-state index in [9.17, 15) is 9.59 Å². The van der Waals surface area contributed by atoms with Crippen LogP contribution in [0.25, 0.3) is 11.0 Å². The Hall–Kier alpha value is -2.85. The molecule has 0 radical (unpaired) electrons. The van der Waals surface area contributed by atoms with Gasteiger partial charge in [-0.15, -0.1) is 12.8 Å². The Balaban J connectivity index is 0. The number of ketones is 1. The Bertz CT molecular complexity index is 773. The number of nitrogens with zero attached hydrogens (tertiary/aromatic N) is 2. The average Bonchev–Trinajstić information content (AvgIpc) is 3.12. The first-order valence-electron chi connectivity index (χ1n) is 9.69. The van der Waals surface area contributed by atoms with Crippen LogP contribution in [0, 0.1) is 12.8 Å². The minimum Gasteiger partial charge on any atom is -0.444 e. The molecule has 0 aliphatic heterocycles. The fourth-order valence-electron chi connectivity index (χ4n) is 2.06. The van der Waals surface area contributed by atoms with Crippen molar-refractivity contribution in [1.29, 1.82) is 0 Å². The SMILES string of the molecule is C#C.CC.CC.CN(Cc1nc2ccc(C(=O)CN)cc2[nH]1)C(=O)OC(C)(C)C. The summed E-state index contributed by atoms with van der Waals surface area (Å²) in [5.41, 5.74) is 6.82. The number of hydrogen-bond acceptors (Lipinski definition) is 5. The monoisotopic (exact) mass is 404 g/mol. The zero-order valence-electron chi connectivity index (χ0n) is 19.0. The number of carbonyl (C=O) groups excluding carboxylic acids is 2. The number of nitrogens with one attached hydrogen (secondary N) is 1. The molecule has 2 rings (SSSR count). The Morgan fingerprint density at radius 1 is 1.17 bits per heavy atom. The molecule has 0 bridgehead atoms. The number of hydrogen-bond donors (Lipinski definition) is 2. The molecule has 0 aliphatic rings. The van der Waals surface area contributed by atoms with Gasteiger partial charge in [0, 0.05) is 12.6 Å². The van der Waals surface area contributed by atoms with Gasteiger partial charge in [-0.3, -0.25) is 4.79 Å². The molecule has 1 amide bonds. The first kappa shape index (κ1) is 28.4. The van der Waals surface area contributed by atoms with Crippen LogP contribution in [0.15, 0.2) is 18.2 Å². The molecule has 1 aromatic heterocycles. The van der Waals surface area contributed by atoms with Crippen LogP contribution in [-0.2, 0) is 11.3 Å². The number of nitrogens with two attached hydrogens (primary N) is 1. The normalized spacial score (nSPS) is 9.62. The fourth-order valence-corrected chi connectivity index (χ4v) is 2.06. The second-order valence-corrected chi connectivity index (χ2v) is 6.38. The molecule has 7 heteroatoms. The Labute approximate surface area is 175 Å². The van der Waals surface area contributed by atoms with Gasteiger partial charge in [0.05, 0.1) is 24.1 Å². The first-order chi connectivity index (χ1) is 13.7. The largest absolute Gasteiger partial charge is 0.444 e. The zero-order chi connectivity index (χ0) is 23.2. The van der Waals surface area contributed by atoms with E-state index in [1.807, 2.05) is 48.5 Å². The van der Waals surface area contributed by atoms with Gasteiger partial charge in [-0.25, -0.2) is 9.78 Å². The van der Waals surface area contributed by atoms with Crippen molar-refractivity contribution < 1.29 is 14.3 Å². The molecule has 7 nitrogen and oxygen atoms in total. The first-order valence-corrected chi connectivity index (χ1v) is 9.69. The standard InChI is InChI=1S/C16H22N4O3.2C2H6.C2H2/c1-16(2,3)23-15(22)20(4)9-14-18-11-6-5-10(13(21)8-17)7-12(11)19-14;3*1-2/h5-7H,8-9,17H2,1-4H3,(H,18,19);2*1-2H3;1-2H. The van der Waals surface area contributed by atoms with Gasteiger partial charge in [0.1, 0.15) is 11.4 Å². The minimum absolute atomic E-state index is 0.0338. The Morgan fingerprint density at radius 2 is 1.72 bits per heavy atom. The van der Waals surface area contributed by atoms with Gasteiger partial charge in [0.15, 0.2) is 5.78 Å². The van der Waals surface area contributed by atoms with Crippen molar-refractivity contribution in [2.45, 2.75) is 60.6 Å². The van der Waals surface area contributed by atoms with E-state index in [2.05, 4.69) is 22.8 Å². The van der Waals surface area contributed by atoms with Gasteiger partial charge in [-0.05, 0) is 39.0 Å². The number of imidazole rings is 1. The van der Waals surface area contributed by atoms with Crippen LogP contribution >= 0.6 is 0 Å². The highest BCUT2D eigenvalue weighted by molar-refractivity contribution is 6.00. The van der Waals surface area contributed by atoms with Crippen molar-refractivity contribution in [2.75, 3.05) is 13.6 Å². The molecule has 1 aromatic carbocycles. The number of fused-ring (bicyclic) bond motifs is 1. The lowest BCUT2D eigenvalue weighted by Crippen LogP contribution is -2.34. The van der Waals surface area contributed by atoms with Gasteiger partial charge < -0.3 is 20.4 Å². The number of aromatic nitrogens is 2. The summed E-state index contributed by atoms with van der Waals surface area (Å²) in [5.74, 6) is 0.486. The van der Waals surface area contributed by atoms with E-state index >= 15 is 0 Å². The maximum atomic E-state index is 12.0. The van der Waals surface area contributed by atoms with Crippen LogP contribution in [0.1, 0.15) is 64.6 Å². The number of aromatic amines is 1. The van der Waals surface area contributed by atoms with Crippen LogP contribution in [0.4, 0.5) is 4.79 Å². The van der Waals surface area contributed by atoms with Gasteiger partial charge >= 0.3 is 6.09 Å². The van der Waals surface area contributed by atoms with Crippen molar-refractivity contribution >= 4 is 22.9 Å². The molecule has 0 unspecified atom stereocenters. The predicted molar refractivity (Wildman–Crippen MR) is 120 cm³/mol. The van der Waals surface area contributed by atoms with Gasteiger partial charge in [0.2, 0.25) is 0 Å². The van der Waals surface area contributed by atoms with E-state index in [0.29, 0.717) is 11.4 Å². The molecule has 0 saturated heterocycles. The summed E-state index contributed by atoms with van der Waals surface area (Å²) >= 11 is 0. The lowest BCUT2D eigenvalue weighted by Gasteiger charge is -2.24. The smallest absolute Gasteiger partial charge is 0.410 e. The van der Waals surface area contributed by atoms with E-state index in [1.54, 1.807) is 25.2 Å². The van der Waals surface area contributed by atoms with Gasteiger partial charge in [-0.1, -0.05) is 27.7 Å². The van der Waals surface area contributed by atoms with Crippen LogP contribution in [0.3, 0.4) is 0 Å². The maximum absolute atomic E-state index is 12.0. The average molecular weight is 405 g/mol. The molecular weight excluding hydrogens is 368 g/mol. The highest BCUT2D eigenvalue weighted by atomic mass is 16.6. The van der Waals surface area contributed by atoms with E-state index in [4.69, 9.17) is 10.5 Å². The molecule has 0 aliphatic carbocycles. The number of rotatable bonds is 4. The summed E-state index contributed by atoms with van der Waals surface area (Å²) in [5, 5.41) is 0. The molecule has 1 heterocycles. The second-order valence-electron chi connectivity index (χ2n) is 6.38. The summed E-state index contributed by atoms with van der Waals surface area (Å²) in [6.45, 7) is 13.7. The van der Waals surface area contributed by atoms with Crippen LogP contribution in [0.5, 0.6) is 0 Å². The third kappa shape index (κ3) is 9.77. The number of Topliss-reactive ketones (excluding diaryl/α,β-unsaturated/α-hetero) is 1. The Morgan fingerprint density at radius 3 is 2.21 bits per heavy atom. The predicted octanol–water partition coefficient (Wildman–Crippen LogP) is 4.37. The number of terminal acetylenes is 1. The molecule has 0 fully saturated rings. The molecule has 29 heavy (non-hydrogen) atoms. The second kappa shape index (κ2) is 14.2. The highest BCUT2D eigenvalue weighted by Crippen LogP contribution is 2.16. The minimum atomic E-state index is -0.545. The summed E-state index contributed by atoms with van der Waals surface area (Å²) in [7, 11) is 1.64. The van der Waals surface area contributed by atoms with Crippen molar-refractivity contribution in [2.24, 2.45) is 5.73 Å². The lowest BCUT2D eigenvalue weighted by molar-refractivity contribution is 0.0281. The Kier molecular flexibility index (Phi) is 13.9. The van der Waals surface area contributed by atoms with E-state index in [0.717, 1.165) is 11.0 Å². The molecule has 3 N–H and O–H groups in total. The number of carbonyl (C=O) groups is 2. The van der Waals surface area contributed by atoms with Crippen LogP contribution < -0.4 is 5.73 Å². The molecule has 2 aromatic rings. The van der Waals surface area contributed by atoms with Crippen molar-refractivity contribution in [3.63, 3.8) is 0 Å². The van der Waals surface area contributed by atoms with Crippen molar-refractivity contribution in [3.05, 3.63) is 29.6 Å². The summed E-state index contributed by atoms with van der Waals surface area (Å²) < 4.78 is 5.30. The molecular formula is C22H36N4O3. The van der Waals surface area contributed by atoms with Crippen molar-refractivity contribution in [3.8, 4) is 12.8 Å². The van der Waals surface area contributed by atoms with E-state index in [-0.39, 0.29) is 18.9 Å². The van der Waals surface area contributed by atoms with Crippen molar-refractivity contribution in [1.82, 2.24) is 14.9 Å². The summed E-state index contributed by atoms with van der Waals surface area (Å²) in [4.78, 5) is 32.6. The van der Waals surface area contributed by atoms with Crippen LogP contribution in [0.2, 0.25) is 0 Å². The highest BCUT2D eigenvalue weighted by Gasteiger charge is 2.20.